The number of rotatable bonds is 5. The van der Waals surface area contributed by atoms with E-state index in [1.54, 1.807) is 11.8 Å². The van der Waals surface area contributed by atoms with Crippen LogP contribution in [0.1, 0.15) is 13.8 Å². The summed E-state index contributed by atoms with van der Waals surface area (Å²) in [7, 11) is 0. The highest BCUT2D eigenvalue weighted by Crippen LogP contribution is 2.24. The first-order valence-corrected chi connectivity index (χ1v) is 6.86. The fourth-order valence-corrected chi connectivity index (χ4v) is 2.36. The molecule has 1 atom stereocenters. The second kappa shape index (κ2) is 5.78. The van der Waals surface area contributed by atoms with E-state index in [9.17, 15) is 0 Å². The first-order valence-electron chi connectivity index (χ1n) is 5.88. The molecule has 5 heteroatoms. The maximum atomic E-state index is 8.74. The number of fused-ring (bicyclic) bond motifs is 1. The van der Waals surface area contributed by atoms with Crippen LogP contribution in [0.15, 0.2) is 23.4 Å². The van der Waals surface area contributed by atoms with Gasteiger partial charge in [0.05, 0.1) is 29.6 Å². The molecule has 4 nitrogen and oxygen atoms in total. The molecule has 94 valence electrons. The van der Waals surface area contributed by atoms with Gasteiger partial charge in [-0.25, -0.2) is 4.98 Å². The van der Waals surface area contributed by atoms with E-state index in [-0.39, 0.29) is 5.92 Å². The molecule has 18 heavy (non-hydrogen) atoms. The normalized spacial score (nSPS) is 12.3. The highest BCUT2D eigenvalue weighted by atomic mass is 32.2. The van der Waals surface area contributed by atoms with Gasteiger partial charge in [0.25, 0.3) is 0 Å². The second-order valence-corrected chi connectivity index (χ2v) is 5.00. The van der Waals surface area contributed by atoms with Gasteiger partial charge in [-0.1, -0.05) is 11.8 Å². The Kier molecular flexibility index (Phi) is 4.11. The third-order valence-electron chi connectivity index (χ3n) is 2.43. The van der Waals surface area contributed by atoms with Gasteiger partial charge in [0, 0.05) is 11.8 Å². The van der Waals surface area contributed by atoms with Gasteiger partial charge in [-0.2, -0.15) is 5.26 Å². The molecule has 0 saturated carbocycles. The molecule has 0 amide bonds. The number of thioether (sulfide) groups is 1. The van der Waals surface area contributed by atoms with Crippen molar-refractivity contribution in [3.05, 3.63) is 18.2 Å². The highest BCUT2D eigenvalue weighted by Gasteiger charge is 2.07. The van der Waals surface area contributed by atoms with Crippen LogP contribution in [-0.4, -0.2) is 22.3 Å². The summed E-state index contributed by atoms with van der Waals surface area (Å²) in [6.45, 7) is 4.52. The van der Waals surface area contributed by atoms with Crippen LogP contribution in [0.25, 0.3) is 11.0 Å². The summed E-state index contributed by atoms with van der Waals surface area (Å²) in [5, 5.41) is 9.59. The van der Waals surface area contributed by atoms with Crippen LogP contribution in [0.2, 0.25) is 0 Å². The van der Waals surface area contributed by atoms with Crippen LogP contribution >= 0.6 is 11.8 Å². The Hall–Kier alpha value is -1.67. The molecule has 2 aromatic rings. The summed E-state index contributed by atoms with van der Waals surface area (Å²) in [5.74, 6) is 1.62. The van der Waals surface area contributed by atoms with E-state index >= 15 is 0 Å². The number of ether oxygens (including phenoxy) is 1. The molecule has 0 radical (unpaired) electrons. The number of nitrogens with one attached hydrogen (secondary N) is 1. The lowest BCUT2D eigenvalue weighted by Crippen LogP contribution is -1.93. The molecule has 1 unspecified atom stereocenters. The van der Waals surface area contributed by atoms with Crippen LogP contribution < -0.4 is 4.74 Å². The molecule has 0 aliphatic carbocycles. The number of aromatic amines is 1. The first-order chi connectivity index (χ1) is 8.72. The van der Waals surface area contributed by atoms with Gasteiger partial charge in [0.15, 0.2) is 5.16 Å². The summed E-state index contributed by atoms with van der Waals surface area (Å²) in [6, 6.07) is 8.02. The van der Waals surface area contributed by atoms with Crippen molar-refractivity contribution in [1.82, 2.24) is 9.97 Å². The van der Waals surface area contributed by atoms with Crippen LogP contribution in [0.3, 0.4) is 0 Å². The molecule has 1 aromatic carbocycles. The zero-order chi connectivity index (χ0) is 13.0. The maximum Gasteiger partial charge on any atom is 0.166 e. The van der Waals surface area contributed by atoms with Crippen LogP contribution in [-0.2, 0) is 0 Å². The van der Waals surface area contributed by atoms with Crippen LogP contribution in [0.5, 0.6) is 5.75 Å². The summed E-state index contributed by atoms with van der Waals surface area (Å²) in [5.41, 5.74) is 1.89. The molecule has 1 N–H and O–H groups in total. The van der Waals surface area contributed by atoms with E-state index in [4.69, 9.17) is 10.00 Å². The Bertz CT molecular complexity index is 573. The van der Waals surface area contributed by atoms with Gasteiger partial charge in [-0.15, -0.1) is 0 Å². The third-order valence-corrected chi connectivity index (χ3v) is 3.57. The van der Waals surface area contributed by atoms with Crippen LogP contribution in [0.4, 0.5) is 0 Å². The summed E-state index contributed by atoms with van der Waals surface area (Å²) < 4.78 is 5.44. The number of nitrogens with zero attached hydrogens (tertiary/aromatic N) is 2. The molecule has 0 spiro atoms. The standard InChI is InChI=1S/C13H15N3OS/c1-3-17-10-4-5-11-12(6-10)16-13(15-11)18-8-9(2)7-14/h4-6,9H,3,8H2,1-2H3,(H,15,16). The minimum absolute atomic E-state index is 0.0298. The van der Waals surface area contributed by atoms with Gasteiger partial charge < -0.3 is 9.72 Å². The van der Waals surface area contributed by atoms with Gasteiger partial charge >= 0.3 is 0 Å². The molecule has 0 bridgehead atoms. The number of H-pyrrole nitrogens is 1. The Morgan fingerprint density at radius 1 is 1.56 bits per heavy atom. The molecule has 0 aliphatic heterocycles. The van der Waals surface area contributed by atoms with Crippen molar-refractivity contribution in [3.8, 4) is 11.8 Å². The average Bonchev–Trinajstić information content (AvgIpc) is 2.78. The lowest BCUT2D eigenvalue weighted by molar-refractivity contribution is 0.340. The highest BCUT2D eigenvalue weighted by molar-refractivity contribution is 7.99. The number of imidazole rings is 1. The second-order valence-electron chi connectivity index (χ2n) is 4.00. The molecule has 0 fully saturated rings. The number of aromatic nitrogens is 2. The fraction of sp³-hybridized carbons (Fsp3) is 0.385. The van der Waals surface area contributed by atoms with Crippen molar-refractivity contribution in [2.75, 3.05) is 12.4 Å². The molecular formula is C13H15N3OS. The van der Waals surface area contributed by atoms with Crippen LogP contribution in [0, 0.1) is 17.2 Å². The van der Waals surface area contributed by atoms with E-state index in [0.717, 1.165) is 27.7 Å². The summed E-state index contributed by atoms with van der Waals surface area (Å²) in [4.78, 5) is 7.70. The van der Waals surface area contributed by atoms with E-state index in [2.05, 4.69) is 16.0 Å². The molecule has 1 heterocycles. The van der Waals surface area contributed by atoms with Gasteiger partial charge in [-0.05, 0) is 26.0 Å². The minimum Gasteiger partial charge on any atom is -0.494 e. The van der Waals surface area contributed by atoms with Gasteiger partial charge in [0.1, 0.15) is 5.75 Å². The van der Waals surface area contributed by atoms with E-state index in [0.29, 0.717) is 6.61 Å². The van der Waals surface area contributed by atoms with Gasteiger partial charge in [-0.3, -0.25) is 0 Å². The molecular weight excluding hydrogens is 246 g/mol. The number of hydrogen-bond donors (Lipinski definition) is 1. The maximum absolute atomic E-state index is 8.74. The molecule has 0 aliphatic rings. The third kappa shape index (κ3) is 2.96. The monoisotopic (exact) mass is 261 g/mol. The minimum atomic E-state index is 0.0298. The quantitative estimate of drug-likeness (QED) is 0.839. The summed E-state index contributed by atoms with van der Waals surface area (Å²) in [6.07, 6.45) is 0. The van der Waals surface area contributed by atoms with Crippen molar-refractivity contribution in [1.29, 1.82) is 5.26 Å². The number of benzene rings is 1. The van der Waals surface area contributed by atoms with Crippen molar-refractivity contribution in [3.63, 3.8) is 0 Å². The predicted octanol–water partition coefficient (Wildman–Crippen LogP) is 3.21. The molecule has 0 saturated heterocycles. The van der Waals surface area contributed by atoms with E-state index in [1.165, 1.54) is 0 Å². The smallest absolute Gasteiger partial charge is 0.166 e. The zero-order valence-electron chi connectivity index (χ0n) is 10.4. The Morgan fingerprint density at radius 3 is 3.11 bits per heavy atom. The SMILES string of the molecule is CCOc1ccc2nc(SCC(C)C#N)[nH]c2c1. The topological polar surface area (TPSA) is 61.7 Å². The Balaban J connectivity index is 2.14. The Morgan fingerprint density at radius 2 is 2.39 bits per heavy atom. The number of nitriles is 1. The van der Waals surface area contributed by atoms with Crippen molar-refractivity contribution < 1.29 is 4.74 Å². The van der Waals surface area contributed by atoms with Crippen molar-refractivity contribution >= 4 is 22.8 Å². The van der Waals surface area contributed by atoms with Crippen molar-refractivity contribution in [2.24, 2.45) is 5.92 Å². The lowest BCUT2D eigenvalue weighted by Gasteiger charge is -2.00. The molecule has 1 aromatic heterocycles. The summed E-state index contributed by atoms with van der Waals surface area (Å²) >= 11 is 1.57. The average molecular weight is 261 g/mol. The Labute approximate surface area is 110 Å². The largest absolute Gasteiger partial charge is 0.494 e. The fourth-order valence-electron chi connectivity index (χ4n) is 1.53. The predicted molar refractivity (Wildman–Crippen MR) is 72.8 cm³/mol. The van der Waals surface area contributed by atoms with Gasteiger partial charge in [0.2, 0.25) is 0 Å². The zero-order valence-corrected chi connectivity index (χ0v) is 11.3. The van der Waals surface area contributed by atoms with Crippen molar-refractivity contribution in [2.45, 2.75) is 19.0 Å². The number of hydrogen-bond acceptors (Lipinski definition) is 4. The molecule has 2 rings (SSSR count). The lowest BCUT2D eigenvalue weighted by atomic mass is 10.3. The van der Waals surface area contributed by atoms with E-state index in [1.807, 2.05) is 32.0 Å². The first kappa shape index (κ1) is 12.8. The van der Waals surface area contributed by atoms with E-state index < -0.39 is 0 Å².